The molecule has 0 heterocycles. The first kappa shape index (κ1) is 10.0. The lowest BCUT2D eigenvalue weighted by atomic mass is 10.9. The van der Waals surface area contributed by atoms with Gasteiger partial charge in [0.05, 0.1) is 0 Å². The molecule has 0 saturated heterocycles. The van der Waals surface area contributed by atoms with Crippen LogP contribution in [0.5, 0.6) is 0 Å². The van der Waals surface area contributed by atoms with Crippen LogP contribution in [-0.2, 0) is 9.47 Å². The number of hydrogen-bond acceptors (Lipinski definition) is 2. The fourth-order valence-electron chi connectivity index (χ4n) is 0.167. The summed E-state index contributed by atoms with van der Waals surface area (Å²) in [5, 5.41) is 0. The molecule has 0 unspecified atom stereocenters. The second kappa shape index (κ2) is 9.33. The van der Waals surface area contributed by atoms with E-state index in [9.17, 15) is 0 Å². The molecule has 0 amide bonds. The van der Waals surface area contributed by atoms with Crippen LogP contribution in [0.4, 0.5) is 0 Å². The first-order valence-corrected chi connectivity index (χ1v) is 1.98. The number of ether oxygens (including phenoxy) is 2. The van der Waals surface area contributed by atoms with Crippen LogP contribution in [0, 0.1) is 0 Å². The van der Waals surface area contributed by atoms with Gasteiger partial charge < -0.3 is 9.47 Å². The summed E-state index contributed by atoms with van der Waals surface area (Å²) in [7, 11) is 1.61. The van der Waals surface area contributed by atoms with Crippen LogP contribution >= 0.6 is 0 Å². The standard InChI is InChI=1S/C4H10O2.CH4/c1-3-6-4-5-2;/h3-4H2,1-2H3;1H4. The second-order valence-electron chi connectivity index (χ2n) is 0.899. The molecule has 0 aromatic carbocycles. The molecule has 7 heavy (non-hydrogen) atoms. The van der Waals surface area contributed by atoms with Crippen LogP contribution in [0.3, 0.4) is 0 Å². The van der Waals surface area contributed by atoms with E-state index in [1.54, 1.807) is 7.11 Å². The zero-order chi connectivity index (χ0) is 4.83. The van der Waals surface area contributed by atoms with E-state index in [1.807, 2.05) is 6.92 Å². The van der Waals surface area contributed by atoms with Gasteiger partial charge in [-0.25, -0.2) is 0 Å². The van der Waals surface area contributed by atoms with Crippen molar-refractivity contribution in [2.24, 2.45) is 0 Å². The molecule has 2 heteroatoms. The molecular formula is C5H14O2. The van der Waals surface area contributed by atoms with E-state index >= 15 is 0 Å². The van der Waals surface area contributed by atoms with Crippen molar-refractivity contribution in [2.75, 3.05) is 20.5 Å². The summed E-state index contributed by atoms with van der Waals surface area (Å²) in [6.45, 7) is 3.07. The predicted molar refractivity (Wildman–Crippen MR) is 30.2 cm³/mol. The molecule has 0 N–H and O–H groups in total. The fraction of sp³-hybridized carbons (Fsp3) is 1.00. The van der Waals surface area contributed by atoms with E-state index < -0.39 is 0 Å². The Bertz CT molecular complexity index is 18.0. The maximum Gasteiger partial charge on any atom is 0.146 e. The van der Waals surface area contributed by atoms with Crippen LogP contribution in [0.25, 0.3) is 0 Å². The third-order valence-corrected chi connectivity index (χ3v) is 0.405. The van der Waals surface area contributed by atoms with Crippen molar-refractivity contribution >= 4 is 0 Å². The van der Waals surface area contributed by atoms with E-state index in [1.165, 1.54) is 0 Å². The minimum Gasteiger partial charge on any atom is -0.359 e. The highest BCUT2D eigenvalue weighted by molar-refractivity contribution is 4.02. The average molecular weight is 106 g/mol. The van der Waals surface area contributed by atoms with E-state index in [4.69, 9.17) is 4.74 Å². The predicted octanol–water partition coefficient (Wildman–Crippen LogP) is 1.26. The Hall–Kier alpha value is -0.0800. The lowest BCUT2D eigenvalue weighted by Crippen LogP contribution is -1.93. The summed E-state index contributed by atoms with van der Waals surface area (Å²) in [6.07, 6.45) is 0. The van der Waals surface area contributed by atoms with E-state index in [2.05, 4.69) is 4.74 Å². The number of methoxy groups -OCH3 is 1. The first-order valence-electron chi connectivity index (χ1n) is 1.98. The average Bonchev–Trinajstić information content (AvgIpc) is 1.61. The van der Waals surface area contributed by atoms with E-state index in [0.29, 0.717) is 6.79 Å². The molecule has 0 spiro atoms. The molecule has 0 aliphatic rings. The molecule has 0 saturated carbocycles. The Morgan fingerprint density at radius 3 is 2.14 bits per heavy atom. The van der Waals surface area contributed by atoms with Crippen LogP contribution in [0.1, 0.15) is 14.4 Å². The molecule has 46 valence electrons. The van der Waals surface area contributed by atoms with Gasteiger partial charge in [-0.15, -0.1) is 0 Å². The zero-order valence-corrected chi connectivity index (χ0v) is 4.23. The normalized spacial score (nSPS) is 7.71. The summed E-state index contributed by atoms with van der Waals surface area (Å²) in [4.78, 5) is 0. The fourth-order valence-corrected chi connectivity index (χ4v) is 0.167. The molecule has 0 rings (SSSR count). The molecule has 0 radical (unpaired) electrons. The van der Waals surface area contributed by atoms with Gasteiger partial charge in [0.15, 0.2) is 0 Å². The largest absolute Gasteiger partial charge is 0.359 e. The van der Waals surface area contributed by atoms with Crippen LogP contribution in [0.15, 0.2) is 0 Å². The van der Waals surface area contributed by atoms with Crippen LogP contribution in [-0.4, -0.2) is 20.5 Å². The Labute approximate surface area is 45.4 Å². The summed E-state index contributed by atoms with van der Waals surface area (Å²) < 4.78 is 9.32. The molecule has 0 bridgehead atoms. The quantitative estimate of drug-likeness (QED) is 0.398. The molecule has 2 nitrogen and oxygen atoms in total. The van der Waals surface area contributed by atoms with Crippen molar-refractivity contribution in [3.63, 3.8) is 0 Å². The Morgan fingerprint density at radius 2 is 2.00 bits per heavy atom. The molecule has 0 aliphatic heterocycles. The topological polar surface area (TPSA) is 18.5 Å². The van der Waals surface area contributed by atoms with Crippen LogP contribution in [0.2, 0.25) is 0 Å². The third-order valence-electron chi connectivity index (χ3n) is 0.405. The van der Waals surface area contributed by atoms with Gasteiger partial charge in [-0.2, -0.15) is 0 Å². The Kier molecular flexibility index (Phi) is 13.3. The summed E-state index contributed by atoms with van der Waals surface area (Å²) in [5.74, 6) is 0. The third kappa shape index (κ3) is 10.7. The molecule has 0 aromatic heterocycles. The van der Waals surface area contributed by atoms with Gasteiger partial charge in [-0.3, -0.25) is 0 Å². The first-order chi connectivity index (χ1) is 2.91. The van der Waals surface area contributed by atoms with E-state index in [0.717, 1.165) is 6.61 Å². The Morgan fingerprint density at radius 1 is 1.43 bits per heavy atom. The molecule has 0 aliphatic carbocycles. The highest BCUT2D eigenvalue weighted by Gasteiger charge is 1.71. The second-order valence-corrected chi connectivity index (χ2v) is 0.899. The number of rotatable bonds is 3. The Balaban J connectivity index is 0. The van der Waals surface area contributed by atoms with Gasteiger partial charge in [0.1, 0.15) is 6.79 Å². The smallest absolute Gasteiger partial charge is 0.146 e. The molecule has 0 atom stereocenters. The highest BCUT2D eigenvalue weighted by atomic mass is 16.7. The highest BCUT2D eigenvalue weighted by Crippen LogP contribution is 1.68. The maximum atomic E-state index is 4.76. The van der Waals surface area contributed by atoms with Crippen molar-refractivity contribution < 1.29 is 9.47 Å². The molecule has 0 fully saturated rings. The summed E-state index contributed by atoms with van der Waals surface area (Å²) in [6, 6.07) is 0. The maximum absolute atomic E-state index is 4.76. The van der Waals surface area contributed by atoms with E-state index in [-0.39, 0.29) is 7.43 Å². The van der Waals surface area contributed by atoms with Gasteiger partial charge in [0, 0.05) is 13.7 Å². The van der Waals surface area contributed by atoms with Crippen molar-refractivity contribution in [3.05, 3.63) is 0 Å². The summed E-state index contributed by atoms with van der Waals surface area (Å²) in [5.41, 5.74) is 0. The minimum absolute atomic E-state index is 0. The summed E-state index contributed by atoms with van der Waals surface area (Å²) >= 11 is 0. The van der Waals surface area contributed by atoms with Crippen molar-refractivity contribution in [3.8, 4) is 0 Å². The van der Waals surface area contributed by atoms with Gasteiger partial charge in [-0.1, -0.05) is 7.43 Å². The monoisotopic (exact) mass is 106 g/mol. The molecular weight excluding hydrogens is 92.1 g/mol. The van der Waals surface area contributed by atoms with Gasteiger partial charge in [0.25, 0.3) is 0 Å². The van der Waals surface area contributed by atoms with Gasteiger partial charge in [0.2, 0.25) is 0 Å². The van der Waals surface area contributed by atoms with Crippen molar-refractivity contribution in [1.82, 2.24) is 0 Å². The minimum atomic E-state index is 0. The van der Waals surface area contributed by atoms with Gasteiger partial charge in [-0.05, 0) is 6.92 Å². The number of hydrogen-bond donors (Lipinski definition) is 0. The van der Waals surface area contributed by atoms with Crippen molar-refractivity contribution in [1.29, 1.82) is 0 Å². The SMILES string of the molecule is C.CCOCOC. The lowest BCUT2D eigenvalue weighted by Gasteiger charge is -1.93. The van der Waals surface area contributed by atoms with Crippen LogP contribution < -0.4 is 0 Å². The molecule has 0 aromatic rings. The zero-order valence-electron chi connectivity index (χ0n) is 4.23. The lowest BCUT2D eigenvalue weighted by molar-refractivity contribution is -0.0250. The van der Waals surface area contributed by atoms with Crippen molar-refractivity contribution in [2.45, 2.75) is 14.4 Å². The van der Waals surface area contributed by atoms with Gasteiger partial charge >= 0.3 is 0 Å².